The van der Waals surface area contributed by atoms with Crippen LogP contribution in [0.15, 0.2) is 29.2 Å². The van der Waals surface area contributed by atoms with Crippen molar-refractivity contribution in [3.63, 3.8) is 0 Å². The van der Waals surface area contributed by atoms with Crippen LogP contribution in [0.5, 0.6) is 0 Å². The van der Waals surface area contributed by atoms with Crippen molar-refractivity contribution in [1.29, 1.82) is 0 Å². The van der Waals surface area contributed by atoms with E-state index >= 15 is 0 Å². The van der Waals surface area contributed by atoms with Gasteiger partial charge in [-0.3, -0.25) is 0 Å². The molecule has 0 aromatic heterocycles. The van der Waals surface area contributed by atoms with Gasteiger partial charge in [-0.1, -0.05) is 12.1 Å². The first kappa shape index (κ1) is 12.0. The van der Waals surface area contributed by atoms with E-state index in [9.17, 15) is 8.42 Å². The van der Waals surface area contributed by atoms with Crippen LogP contribution in [0.3, 0.4) is 0 Å². The number of hydrogen-bond donors (Lipinski definition) is 2. The summed E-state index contributed by atoms with van der Waals surface area (Å²) in [5.74, 6) is 0. The SMILES string of the molecule is CC(CN)Nc1ccccc1S(C)(=O)=O. The number of sulfone groups is 1. The molecule has 0 fully saturated rings. The van der Waals surface area contributed by atoms with Crippen molar-refractivity contribution in [2.45, 2.75) is 17.9 Å². The fraction of sp³-hybridized carbons (Fsp3) is 0.400. The van der Waals surface area contributed by atoms with E-state index in [1.807, 2.05) is 6.92 Å². The minimum absolute atomic E-state index is 0.0490. The molecule has 0 spiro atoms. The van der Waals surface area contributed by atoms with Crippen molar-refractivity contribution in [2.75, 3.05) is 18.1 Å². The normalized spacial score (nSPS) is 13.5. The molecule has 4 nitrogen and oxygen atoms in total. The van der Waals surface area contributed by atoms with E-state index in [2.05, 4.69) is 5.32 Å². The smallest absolute Gasteiger partial charge is 0.177 e. The number of nitrogens with one attached hydrogen (secondary N) is 1. The maximum Gasteiger partial charge on any atom is 0.177 e. The van der Waals surface area contributed by atoms with Crippen LogP contribution < -0.4 is 11.1 Å². The molecule has 1 rings (SSSR count). The molecule has 84 valence electrons. The van der Waals surface area contributed by atoms with E-state index in [0.29, 0.717) is 17.1 Å². The second-order valence-corrected chi connectivity index (χ2v) is 5.53. The van der Waals surface area contributed by atoms with Gasteiger partial charge in [0, 0.05) is 18.8 Å². The summed E-state index contributed by atoms with van der Waals surface area (Å²) in [6.07, 6.45) is 1.20. The van der Waals surface area contributed by atoms with Gasteiger partial charge in [-0.25, -0.2) is 8.42 Å². The molecule has 5 heteroatoms. The maximum atomic E-state index is 11.5. The van der Waals surface area contributed by atoms with Gasteiger partial charge in [0.1, 0.15) is 0 Å². The van der Waals surface area contributed by atoms with Gasteiger partial charge in [0.05, 0.1) is 10.6 Å². The van der Waals surface area contributed by atoms with Crippen molar-refractivity contribution in [1.82, 2.24) is 0 Å². The lowest BCUT2D eigenvalue weighted by Gasteiger charge is -2.15. The van der Waals surface area contributed by atoms with Gasteiger partial charge in [0.25, 0.3) is 0 Å². The molecule has 1 unspecified atom stereocenters. The Kier molecular flexibility index (Phi) is 3.71. The molecule has 0 saturated heterocycles. The zero-order chi connectivity index (χ0) is 11.5. The quantitative estimate of drug-likeness (QED) is 0.801. The average Bonchev–Trinajstić information content (AvgIpc) is 2.17. The summed E-state index contributed by atoms with van der Waals surface area (Å²) in [5, 5.41) is 3.06. The third-order valence-corrected chi connectivity index (χ3v) is 3.20. The van der Waals surface area contributed by atoms with Crippen molar-refractivity contribution >= 4 is 15.5 Å². The molecule has 3 N–H and O–H groups in total. The number of para-hydroxylation sites is 1. The maximum absolute atomic E-state index is 11.5. The number of hydrogen-bond acceptors (Lipinski definition) is 4. The average molecular weight is 228 g/mol. The molecule has 0 aliphatic rings. The summed E-state index contributed by atoms with van der Waals surface area (Å²) in [6, 6.07) is 6.87. The Balaban J connectivity index is 3.08. The van der Waals surface area contributed by atoms with E-state index in [1.165, 1.54) is 6.26 Å². The molecule has 1 aromatic carbocycles. The Bertz CT molecular complexity index is 429. The summed E-state index contributed by atoms with van der Waals surface area (Å²) in [4.78, 5) is 0.310. The Morgan fingerprint density at radius 3 is 2.53 bits per heavy atom. The second kappa shape index (κ2) is 4.63. The van der Waals surface area contributed by atoms with Gasteiger partial charge in [-0.05, 0) is 19.1 Å². The summed E-state index contributed by atoms with van der Waals surface area (Å²) in [7, 11) is -3.19. The fourth-order valence-corrected chi connectivity index (χ4v) is 2.09. The molecule has 0 radical (unpaired) electrons. The van der Waals surface area contributed by atoms with E-state index < -0.39 is 9.84 Å². The third-order valence-electron chi connectivity index (χ3n) is 2.04. The molecule has 0 amide bonds. The van der Waals surface area contributed by atoms with Crippen LogP contribution in [0.2, 0.25) is 0 Å². The summed E-state index contributed by atoms with van der Waals surface area (Å²) < 4.78 is 22.9. The zero-order valence-corrected chi connectivity index (χ0v) is 9.71. The van der Waals surface area contributed by atoms with Gasteiger partial charge in [-0.2, -0.15) is 0 Å². The van der Waals surface area contributed by atoms with Gasteiger partial charge in [-0.15, -0.1) is 0 Å². The van der Waals surface area contributed by atoms with Crippen LogP contribution >= 0.6 is 0 Å². The van der Waals surface area contributed by atoms with E-state index in [4.69, 9.17) is 5.73 Å². The van der Waals surface area contributed by atoms with Gasteiger partial charge in [0.15, 0.2) is 9.84 Å². The Labute approximate surface area is 90.4 Å². The van der Waals surface area contributed by atoms with Crippen molar-refractivity contribution in [2.24, 2.45) is 5.73 Å². The highest BCUT2D eigenvalue weighted by Crippen LogP contribution is 2.20. The van der Waals surface area contributed by atoms with Crippen LogP contribution in [0, 0.1) is 0 Å². The van der Waals surface area contributed by atoms with Gasteiger partial charge < -0.3 is 11.1 Å². The third kappa shape index (κ3) is 3.21. The Morgan fingerprint density at radius 1 is 1.40 bits per heavy atom. The van der Waals surface area contributed by atoms with Crippen LogP contribution in [0.25, 0.3) is 0 Å². The van der Waals surface area contributed by atoms with Crippen molar-refractivity contribution in [3.8, 4) is 0 Å². The van der Waals surface area contributed by atoms with Crippen LogP contribution in [-0.2, 0) is 9.84 Å². The lowest BCUT2D eigenvalue weighted by molar-refractivity contribution is 0.602. The predicted octanol–water partition coefficient (Wildman–Crippen LogP) is 0.849. The molecule has 0 aliphatic heterocycles. The van der Waals surface area contributed by atoms with E-state index in [-0.39, 0.29) is 6.04 Å². The molecule has 15 heavy (non-hydrogen) atoms. The zero-order valence-electron chi connectivity index (χ0n) is 8.90. The molecule has 1 atom stereocenters. The number of benzene rings is 1. The molecular weight excluding hydrogens is 212 g/mol. The number of rotatable bonds is 4. The Hall–Kier alpha value is -1.07. The van der Waals surface area contributed by atoms with Crippen LogP contribution in [0.4, 0.5) is 5.69 Å². The van der Waals surface area contributed by atoms with Crippen LogP contribution in [-0.4, -0.2) is 27.3 Å². The summed E-state index contributed by atoms with van der Waals surface area (Å²) in [6.45, 7) is 2.36. The molecular formula is C10H16N2O2S. The highest BCUT2D eigenvalue weighted by Gasteiger charge is 2.13. The number of nitrogens with two attached hydrogens (primary N) is 1. The highest BCUT2D eigenvalue weighted by molar-refractivity contribution is 7.90. The Morgan fingerprint density at radius 2 is 2.00 bits per heavy atom. The van der Waals surface area contributed by atoms with Crippen molar-refractivity contribution in [3.05, 3.63) is 24.3 Å². The molecule has 0 saturated carbocycles. The van der Waals surface area contributed by atoms with E-state index in [1.54, 1.807) is 24.3 Å². The monoisotopic (exact) mass is 228 g/mol. The van der Waals surface area contributed by atoms with Crippen LogP contribution in [0.1, 0.15) is 6.92 Å². The number of anilines is 1. The lowest BCUT2D eigenvalue weighted by Crippen LogP contribution is -2.25. The summed E-state index contributed by atoms with van der Waals surface area (Å²) in [5.41, 5.74) is 6.08. The largest absolute Gasteiger partial charge is 0.380 e. The molecule has 0 bridgehead atoms. The second-order valence-electron chi connectivity index (χ2n) is 3.55. The topological polar surface area (TPSA) is 72.2 Å². The molecule has 0 aliphatic carbocycles. The predicted molar refractivity (Wildman–Crippen MR) is 61.7 cm³/mol. The van der Waals surface area contributed by atoms with E-state index in [0.717, 1.165) is 0 Å². The first-order valence-corrected chi connectivity index (χ1v) is 6.60. The highest BCUT2D eigenvalue weighted by atomic mass is 32.2. The first-order chi connectivity index (χ1) is 6.95. The minimum atomic E-state index is -3.19. The van der Waals surface area contributed by atoms with Gasteiger partial charge >= 0.3 is 0 Å². The first-order valence-electron chi connectivity index (χ1n) is 4.71. The van der Waals surface area contributed by atoms with Crippen molar-refractivity contribution < 1.29 is 8.42 Å². The lowest BCUT2D eigenvalue weighted by atomic mass is 10.2. The van der Waals surface area contributed by atoms with Gasteiger partial charge in [0.2, 0.25) is 0 Å². The fourth-order valence-electron chi connectivity index (χ4n) is 1.23. The molecule has 1 aromatic rings. The molecule has 0 heterocycles. The standard InChI is InChI=1S/C10H16N2O2S/c1-8(7-11)12-9-5-3-4-6-10(9)15(2,13)14/h3-6,8,12H,7,11H2,1-2H3. The minimum Gasteiger partial charge on any atom is -0.380 e. The summed E-state index contributed by atoms with van der Waals surface area (Å²) >= 11 is 0.